The molecule has 0 aromatic carbocycles. The van der Waals surface area contributed by atoms with Gasteiger partial charge in [0.25, 0.3) is 0 Å². The first-order valence-electron chi connectivity index (χ1n) is 7.06. The van der Waals surface area contributed by atoms with Gasteiger partial charge in [0.05, 0.1) is 0 Å². The standard InChI is InChI=1S/C17H26O4/c1-12(2)9-16(19)10-13(3)7-6-8-14(4)11-17(20)21-15(5)18/h7,9,11,17,20H,6,8,10H2,1-5H3/b13-7+,14-11+. The lowest BCUT2D eigenvalue weighted by Gasteiger charge is -2.07. The van der Waals surface area contributed by atoms with Gasteiger partial charge >= 0.3 is 5.97 Å². The van der Waals surface area contributed by atoms with Gasteiger partial charge in [0, 0.05) is 13.3 Å². The maximum atomic E-state index is 11.6. The summed E-state index contributed by atoms with van der Waals surface area (Å²) < 4.78 is 4.61. The third kappa shape index (κ3) is 11.8. The molecule has 21 heavy (non-hydrogen) atoms. The molecule has 0 radical (unpaired) electrons. The van der Waals surface area contributed by atoms with Crippen molar-refractivity contribution in [3.63, 3.8) is 0 Å². The predicted molar refractivity (Wildman–Crippen MR) is 83.6 cm³/mol. The summed E-state index contributed by atoms with van der Waals surface area (Å²) in [6.45, 7) is 8.86. The van der Waals surface area contributed by atoms with Crippen LogP contribution < -0.4 is 0 Å². The van der Waals surface area contributed by atoms with Gasteiger partial charge in [-0.25, -0.2) is 0 Å². The second-order valence-electron chi connectivity index (χ2n) is 5.47. The molecule has 0 rings (SSSR count). The summed E-state index contributed by atoms with van der Waals surface area (Å²) >= 11 is 0. The van der Waals surface area contributed by atoms with E-state index in [4.69, 9.17) is 0 Å². The van der Waals surface area contributed by atoms with Crippen molar-refractivity contribution in [3.05, 3.63) is 34.9 Å². The highest BCUT2D eigenvalue weighted by Gasteiger charge is 2.04. The first-order chi connectivity index (χ1) is 9.70. The second kappa shape index (κ2) is 10.1. The van der Waals surface area contributed by atoms with E-state index in [-0.39, 0.29) is 5.78 Å². The van der Waals surface area contributed by atoms with Crippen LogP contribution in [0.15, 0.2) is 34.9 Å². The van der Waals surface area contributed by atoms with Crippen LogP contribution in [0, 0.1) is 0 Å². The van der Waals surface area contributed by atoms with Gasteiger partial charge in [-0.3, -0.25) is 9.59 Å². The van der Waals surface area contributed by atoms with Gasteiger partial charge in [0.2, 0.25) is 6.29 Å². The molecule has 118 valence electrons. The molecule has 0 aliphatic heterocycles. The van der Waals surface area contributed by atoms with Gasteiger partial charge in [-0.1, -0.05) is 22.8 Å². The molecule has 0 aromatic heterocycles. The molecule has 0 saturated carbocycles. The zero-order valence-electron chi connectivity index (χ0n) is 13.6. The van der Waals surface area contributed by atoms with Crippen LogP contribution in [-0.4, -0.2) is 23.1 Å². The molecular weight excluding hydrogens is 268 g/mol. The van der Waals surface area contributed by atoms with E-state index in [1.165, 1.54) is 13.0 Å². The number of ketones is 1. The number of aliphatic hydroxyl groups excluding tert-OH is 1. The molecule has 1 atom stereocenters. The van der Waals surface area contributed by atoms with Gasteiger partial charge in [-0.15, -0.1) is 0 Å². The SMILES string of the molecule is CC(=O)OC(O)/C=C(\C)CC/C=C(\C)CC(=O)C=C(C)C. The average molecular weight is 294 g/mol. The molecule has 0 aromatic rings. The number of carbonyl (C=O) groups excluding carboxylic acids is 2. The smallest absolute Gasteiger partial charge is 0.305 e. The fourth-order valence-corrected chi connectivity index (χ4v) is 1.80. The fourth-order valence-electron chi connectivity index (χ4n) is 1.80. The third-order valence-corrected chi connectivity index (χ3v) is 2.65. The zero-order chi connectivity index (χ0) is 16.4. The predicted octanol–water partition coefficient (Wildman–Crippen LogP) is 3.47. The Labute approximate surface area is 127 Å². The Bertz CT molecular complexity index is 451. The van der Waals surface area contributed by atoms with E-state index in [1.807, 2.05) is 33.8 Å². The fraction of sp³-hybridized carbons (Fsp3) is 0.529. The quantitative estimate of drug-likeness (QED) is 0.322. The summed E-state index contributed by atoms with van der Waals surface area (Å²) in [5.41, 5.74) is 2.97. The number of hydrogen-bond donors (Lipinski definition) is 1. The molecule has 4 nitrogen and oxygen atoms in total. The van der Waals surface area contributed by atoms with Crippen molar-refractivity contribution in [2.24, 2.45) is 0 Å². The van der Waals surface area contributed by atoms with Crippen LogP contribution in [0.25, 0.3) is 0 Å². The molecule has 0 heterocycles. The zero-order valence-corrected chi connectivity index (χ0v) is 13.6. The van der Waals surface area contributed by atoms with Gasteiger partial charge in [0.15, 0.2) is 5.78 Å². The number of ether oxygens (including phenoxy) is 1. The third-order valence-electron chi connectivity index (χ3n) is 2.65. The maximum Gasteiger partial charge on any atom is 0.305 e. The Hall–Kier alpha value is -1.68. The van der Waals surface area contributed by atoms with Crippen LogP contribution in [-0.2, 0) is 14.3 Å². The lowest BCUT2D eigenvalue weighted by atomic mass is 10.1. The summed E-state index contributed by atoms with van der Waals surface area (Å²) in [4.78, 5) is 22.3. The van der Waals surface area contributed by atoms with Crippen molar-refractivity contribution in [2.45, 2.75) is 60.2 Å². The summed E-state index contributed by atoms with van der Waals surface area (Å²) in [5.74, 6) is -0.402. The van der Waals surface area contributed by atoms with Crippen molar-refractivity contribution >= 4 is 11.8 Å². The lowest BCUT2D eigenvalue weighted by molar-refractivity contribution is -0.157. The number of aliphatic hydroxyl groups is 1. The molecule has 0 aliphatic rings. The molecule has 0 amide bonds. The van der Waals surface area contributed by atoms with Crippen molar-refractivity contribution < 1.29 is 19.4 Å². The van der Waals surface area contributed by atoms with Gasteiger partial charge < -0.3 is 9.84 Å². The summed E-state index contributed by atoms with van der Waals surface area (Å²) in [7, 11) is 0. The molecule has 4 heteroatoms. The molecule has 0 fully saturated rings. The molecule has 0 saturated heterocycles. The van der Waals surface area contributed by atoms with E-state index in [0.717, 1.165) is 29.6 Å². The summed E-state index contributed by atoms with van der Waals surface area (Å²) in [6, 6.07) is 0. The van der Waals surface area contributed by atoms with Crippen LogP contribution in [0.2, 0.25) is 0 Å². The van der Waals surface area contributed by atoms with Crippen LogP contribution in [0.5, 0.6) is 0 Å². The summed E-state index contributed by atoms with van der Waals surface area (Å²) in [6.07, 6.45) is 5.95. The monoisotopic (exact) mass is 294 g/mol. The first-order valence-corrected chi connectivity index (χ1v) is 7.06. The first kappa shape index (κ1) is 19.3. The number of carbonyl (C=O) groups is 2. The molecule has 0 aliphatic carbocycles. The van der Waals surface area contributed by atoms with E-state index in [9.17, 15) is 14.7 Å². The van der Waals surface area contributed by atoms with Crippen molar-refractivity contribution in [3.8, 4) is 0 Å². The van der Waals surface area contributed by atoms with Gasteiger partial charge in [-0.05, 0) is 52.7 Å². The van der Waals surface area contributed by atoms with Crippen molar-refractivity contribution in [1.82, 2.24) is 0 Å². The van der Waals surface area contributed by atoms with Gasteiger partial charge in [-0.2, -0.15) is 0 Å². The van der Waals surface area contributed by atoms with Crippen molar-refractivity contribution in [1.29, 1.82) is 0 Å². The largest absolute Gasteiger partial charge is 0.432 e. The minimum atomic E-state index is -1.19. The number of allylic oxidation sites excluding steroid dienone is 5. The van der Waals surface area contributed by atoms with Crippen LogP contribution >= 0.6 is 0 Å². The van der Waals surface area contributed by atoms with Crippen LogP contribution in [0.1, 0.15) is 53.9 Å². The second-order valence-corrected chi connectivity index (χ2v) is 5.47. The molecule has 1 N–H and O–H groups in total. The number of esters is 1. The molecule has 0 bridgehead atoms. The van der Waals surface area contributed by atoms with Crippen molar-refractivity contribution in [2.75, 3.05) is 0 Å². The van der Waals surface area contributed by atoms with E-state index >= 15 is 0 Å². The van der Waals surface area contributed by atoms with E-state index in [2.05, 4.69) is 4.74 Å². The molecule has 1 unspecified atom stereocenters. The van der Waals surface area contributed by atoms with E-state index in [0.29, 0.717) is 6.42 Å². The highest BCUT2D eigenvalue weighted by atomic mass is 16.6. The highest BCUT2D eigenvalue weighted by molar-refractivity contribution is 5.91. The van der Waals surface area contributed by atoms with E-state index < -0.39 is 12.3 Å². The highest BCUT2D eigenvalue weighted by Crippen LogP contribution is 2.11. The van der Waals surface area contributed by atoms with Crippen LogP contribution in [0.4, 0.5) is 0 Å². The average Bonchev–Trinajstić information content (AvgIpc) is 2.25. The lowest BCUT2D eigenvalue weighted by Crippen LogP contribution is -2.12. The Morgan fingerprint density at radius 1 is 1.10 bits per heavy atom. The minimum absolute atomic E-state index is 0.112. The summed E-state index contributed by atoms with van der Waals surface area (Å²) in [5, 5.41) is 9.42. The van der Waals surface area contributed by atoms with E-state index in [1.54, 1.807) is 6.08 Å². The Morgan fingerprint density at radius 3 is 2.24 bits per heavy atom. The van der Waals surface area contributed by atoms with Crippen LogP contribution in [0.3, 0.4) is 0 Å². The Kier molecular flexibility index (Phi) is 9.30. The minimum Gasteiger partial charge on any atom is -0.432 e. The number of hydrogen-bond acceptors (Lipinski definition) is 4. The maximum absolute atomic E-state index is 11.6. The van der Waals surface area contributed by atoms with Gasteiger partial charge in [0.1, 0.15) is 0 Å². The Balaban J connectivity index is 4.24. The normalized spacial score (nSPS) is 13.6. The Morgan fingerprint density at radius 2 is 1.71 bits per heavy atom. The molecule has 0 spiro atoms. The number of rotatable bonds is 8. The molecular formula is C17H26O4. The topological polar surface area (TPSA) is 63.6 Å².